The highest BCUT2D eigenvalue weighted by Gasteiger charge is 2.37. The SMILES string of the molecule is Cc1cccc(NC(=O)[C@H](C)Oc2cc(C(F)(F)F)cc(C(F)(F)F)c2)c1. The van der Waals surface area contributed by atoms with Crippen molar-refractivity contribution >= 4 is 11.6 Å². The number of halogens is 6. The lowest BCUT2D eigenvalue weighted by Crippen LogP contribution is -2.30. The van der Waals surface area contributed by atoms with Crippen LogP contribution in [0.25, 0.3) is 0 Å². The summed E-state index contributed by atoms with van der Waals surface area (Å²) in [5.41, 5.74) is -1.75. The van der Waals surface area contributed by atoms with Gasteiger partial charge in [0.2, 0.25) is 0 Å². The van der Waals surface area contributed by atoms with Crippen LogP contribution >= 0.6 is 0 Å². The van der Waals surface area contributed by atoms with Gasteiger partial charge in [0.05, 0.1) is 11.1 Å². The fourth-order valence-electron chi connectivity index (χ4n) is 2.22. The first kappa shape index (κ1) is 20.6. The van der Waals surface area contributed by atoms with Gasteiger partial charge in [-0.1, -0.05) is 12.1 Å². The Kier molecular flexibility index (Phi) is 5.72. The highest BCUT2D eigenvalue weighted by molar-refractivity contribution is 5.94. The van der Waals surface area contributed by atoms with E-state index in [0.29, 0.717) is 17.8 Å². The summed E-state index contributed by atoms with van der Waals surface area (Å²) >= 11 is 0. The molecule has 3 nitrogen and oxygen atoms in total. The predicted molar refractivity (Wildman–Crippen MR) is 86.3 cm³/mol. The molecule has 2 rings (SSSR count). The van der Waals surface area contributed by atoms with E-state index in [1.165, 1.54) is 6.92 Å². The number of anilines is 1. The van der Waals surface area contributed by atoms with Crippen LogP contribution in [0.3, 0.4) is 0 Å². The van der Waals surface area contributed by atoms with Crippen LogP contribution in [0.2, 0.25) is 0 Å². The first-order valence-corrected chi connectivity index (χ1v) is 7.70. The molecule has 146 valence electrons. The number of aryl methyl sites for hydroxylation is 1. The zero-order valence-corrected chi connectivity index (χ0v) is 14.2. The second kappa shape index (κ2) is 7.50. The van der Waals surface area contributed by atoms with Crippen molar-refractivity contribution in [3.05, 3.63) is 59.2 Å². The Morgan fingerprint density at radius 2 is 1.52 bits per heavy atom. The number of ether oxygens (including phenoxy) is 1. The van der Waals surface area contributed by atoms with Crippen molar-refractivity contribution in [2.24, 2.45) is 0 Å². The molecule has 2 aromatic rings. The third kappa shape index (κ3) is 5.63. The number of carbonyl (C=O) groups is 1. The average molecular weight is 391 g/mol. The molecule has 1 amide bonds. The largest absolute Gasteiger partial charge is 0.481 e. The topological polar surface area (TPSA) is 38.3 Å². The smallest absolute Gasteiger partial charge is 0.416 e. The Morgan fingerprint density at radius 1 is 0.963 bits per heavy atom. The molecule has 0 bridgehead atoms. The number of amides is 1. The summed E-state index contributed by atoms with van der Waals surface area (Å²) in [4.78, 5) is 12.1. The molecular formula is C18H15F6NO2. The number of alkyl halides is 6. The monoisotopic (exact) mass is 391 g/mol. The Bertz CT molecular complexity index is 797. The highest BCUT2D eigenvalue weighted by Crippen LogP contribution is 2.38. The van der Waals surface area contributed by atoms with Gasteiger partial charge in [0.1, 0.15) is 5.75 Å². The van der Waals surface area contributed by atoms with Gasteiger partial charge in [0.15, 0.2) is 6.10 Å². The fourth-order valence-corrected chi connectivity index (χ4v) is 2.22. The van der Waals surface area contributed by atoms with Gasteiger partial charge in [-0.25, -0.2) is 0 Å². The standard InChI is InChI=1S/C18H15F6NO2/c1-10-4-3-5-14(6-10)25-16(26)11(2)27-15-8-12(17(19,20)21)7-13(9-15)18(22,23)24/h3-9,11H,1-2H3,(H,25,26)/t11-/m0/s1. The number of hydrogen-bond donors (Lipinski definition) is 1. The molecule has 0 spiro atoms. The number of benzene rings is 2. The van der Waals surface area contributed by atoms with Crippen LogP contribution in [0, 0.1) is 6.92 Å². The average Bonchev–Trinajstić information content (AvgIpc) is 2.52. The summed E-state index contributed by atoms with van der Waals surface area (Å²) in [5.74, 6) is -1.42. The van der Waals surface area contributed by atoms with E-state index in [9.17, 15) is 31.1 Å². The van der Waals surface area contributed by atoms with Gasteiger partial charge < -0.3 is 10.1 Å². The van der Waals surface area contributed by atoms with E-state index in [-0.39, 0.29) is 6.07 Å². The minimum absolute atomic E-state index is 0.00958. The van der Waals surface area contributed by atoms with Crippen molar-refractivity contribution < 1.29 is 35.9 Å². The number of carbonyl (C=O) groups excluding carboxylic acids is 1. The minimum Gasteiger partial charge on any atom is -0.481 e. The maximum Gasteiger partial charge on any atom is 0.416 e. The second-order valence-corrected chi connectivity index (χ2v) is 5.86. The van der Waals surface area contributed by atoms with E-state index in [0.717, 1.165) is 5.56 Å². The zero-order valence-electron chi connectivity index (χ0n) is 14.2. The molecule has 0 saturated heterocycles. The molecule has 0 saturated carbocycles. The van der Waals surface area contributed by atoms with Crippen molar-refractivity contribution in [3.63, 3.8) is 0 Å². The molecule has 27 heavy (non-hydrogen) atoms. The second-order valence-electron chi connectivity index (χ2n) is 5.86. The molecule has 0 unspecified atom stereocenters. The molecule has 0 aromatic heterocycles. The molecule has 0 aliphatic rings. The first-order chi connectivity index (χ1) is 12.4. The predicted octanol–water partition coefficient (Wildman–Crippen LogP) is 5.44. The Hall–Kier alpha value is -2.71. The third-order valence-electron chi connectivity index (χ3n) is 3.53. The van der Waals surface area contributed by atoms with E-state index in [2.05, 4.69) is 5.32 Å². The Balaban J connectivity index is 2.23. The van der Waals surface area contributed by atoms with Crippen LogP contribution in [-0.4, -0.2) is 12.0 Å². The summed E-state index contributed by atoms with van der Waals surface area (Å²) in [5, 5.41) is 2.48. The van der Waals surface area contributed by atoms with Gasteiger partial charge in [-0.15, -0.1) is 0 Å². The molecular weight excluding hydrogens is 376 g/mol. The highest BCUT2D eigenvalue weighted by atomic mass is 19.4. The maximum absolute atomic E-state index is 12.9. The molecule has 0 heterocycles. The van der Waals surface area contributed by atoms with E-state index in [4.69, 9.17) is 4.74 Å². The summed E-state index contributed by atoms with van der Waals surface area (Å²) in [6, 6.07) is 7.54. The molecule has 9 heteroatoms. The lowest BCUT2D eigenvalue weighted by molar-refractivity contribution is -0.143. The van der Waals surface area contributed by atoms with Crippen LogP contribution in [0.4, 0.5) is 32.0 Å². The number of rotatable bonds is 4. The van der Waals surface area contributed by atoms with Crippen molar-refractivity contribution in [2.75, 3.05) is 5.32 Å². The van der Waals surface area contributed by atoms with Gasteiger partial charge >= 0.3 is 12.4 Å². The first-order valence-electron chi connectivity index (χ1n) is 7.70. The molecule has 1 N–H and O–H groups in total. The normalized spacial score (nSPS) is 13.2. The third-order valence-corrected chi connectivity index (χ3v) is 3.53. The summed E-state index contributed by atoms with van der Waals surface area (Å²) < 4.78 is 82.2. The van der Waals surface area contributed by atoms with Gasteiger partial charge in [-0.2, -0.15) is 26.3 Å². The Morgan fingerprint density at radius 3 is 2.00 bits per heavy atom. The van der Waals surface area contributed by atoms with Crippen LogP contribution < -0.4 is 10.1 Å². The van der Waals surface area contributed by atoms with Gasteiger partial charge in [0.25, 0.3) is 5.91 Å². The number of nitrogens with one attached hydrogen (secondary N) is 1. The Labute approximate surface area is 150 Å². The fraction of sp³-hybridized carbons (Fsp3) is 0.278. The quantitative estimate of drug-likeness (QED) is 0.705. The van der Waals surface area contributed by atoms with Crippen molar-refractivity contribution in [1.82, 2.24) is 0 Å². The van der Waals surface area contributed by atoms with Crippen molar-refractivity contribution in [1.29, 1.82) is 0 Å². The van der Waals surface area contributed by atoms with E-state index >= 15 is 0 Å². The van der Waals surface area contributed by atoms with Crippen LogP contribution in [-0.2, 0) is 17.1 Å². The molecule has 1 atom stereocenters. The maximum atomic E-state index is 12.9. The molecule has 0 fully saturated rings. The van der Waals surface area contributed by atoms with E-state index < -0.39 is 41.2 Å². The molecule has 0 aliphatic carbocycles. The molecule has 0 aliphatic heterocycles. The number of hydrogen-bond acceptors (Lipinski definition) is 2. The van der Waals surface area contributed by atoms with Crippen molar-refractivity contribution in [2.45, 2.75) is 32.3 Å². The van der Waals surface area contributed by atoms with Crippen LogP contribution in [0.1, 0.15) is 23.6 Å². The van der Waals surface area contributed by atoms with Crippen molar-refractivity contribution in [3.8, 4) is 5.75 Å². The molecule has 0 radical (unpaired) electrons. The van der Waals surface area contributed by atoms with Gasteiger partial charge in [-0.3, -0.25) is 4.79 Å². The summed E-state index contributed by atoms with van der Waals surface area (Å²) in [7, 11) is 0. The zero-order chi connectivity index (χ0) is 20.4. The summed E-state index contributed by atoms with van der Waals surface area (Å²) in [6.07, 6.45) is -11.3. The van der Waals surface area contributed by atoms with Crippen LogP contribution in [0.5, 0.6) is 5.75 Å². The lowest BCUT2D eigenvalue weighted by atomic mass is 10.1. The minimum atomic E-state index is -4.99. The van der Waals surface area contributed by atoms with E-state index in [1.54, 1.807) is 31.2 Å². The van der Waals surface area contributed by atoms with E-state index in [1.807, 2.05) is 0 Å². The molecule has 2 aromatic carbocycles. The van der Waals surface area contributed by atoms with Gasteiger partial charge in [0, 0.05) is 5.69 Å². The summed E-state index contributed by atoms with van der Waals surface area (Å²) in [6.45, 7) is 3.01. The van der Waals surface area contributed by atoms with Gasteiger partial charge in [-0.05, 0) is 49.7 Å². The lowest BCUT2D eigenvalue weighted by Gasteiger charge is -2.18. The van der Waals surface area contributed by atoms with Crippen LogP contribution in [0.15, 0.2) is 42.5 Å².